The maximum Gasteiger partial charge on any atom is 0.127 e. The van der Waals surface area contributed by atoms with Crippen molar-refractivity contribution in [3.8, 4) is 0 Å². The van der Waals surface area contributed by atoms with Crippen LogP contribution in [0.5, 0.6) is 0 Å². The molecule has 2 aromatic rings. The smallest absolute Gasteiger partial charge is 0.127 e. The second kappa shape index (κ2) is 4.39. The van der Waals surface area contributed by atoms with Crippen molar-refractivity contribution in [1.82, 2.24) is 9.88 Å². The Labute approximate surface area is 107 Å². The summed E-state index contributed by atoms with van der Waals surface area (Å²) in [6.45, 7) is 4.05. The molecule has 0 unspecified atom stereocenters. The topological polar surface area (TPSA) is 17.0 Å². The van der Waals surface area contributed by atoms with E-state index in [4.69, 9.17) is 0 Å². The lowest BCUT2D eigenvalue weighted by molar-refractivity contribution is 0.445. The molecular formula is C15H19FN2. The normalized spacial score (nSPS) is 17.5. The first-order valence-electron chi connectivity index (χ1n) is 6.63. The number of nitrogens with zero attached hydrogens (tertiary/aromatic N) is 1. The van der Waals surface area contributed by atoms with Crippen LogP contribution in [0.15, 0.2) is 18.2 Å². The van der Waals surface area contributed by atoms with Crippen molar-refractivity contribution in [2.75, 3.05) is 13.1 Å². The van der Waals surface area contributed by atoms with Crippen LogP contribution in [0.25, 0.3) is 10.9 Å². The van der Waals surface area contributed by atoms with Gasteiger partial charge in [0.25, 0.3) is 0 Å². The fraction of sp³-hybridized carbons (Fsp3) is 0.467. The van der Waals surface area contributed by atoms with E-state index in [1.807, 2.05) is 19.2 Å². The van der Waals surface area contributed by atoms with Crippen molar-refractivity contribution < 1.29 is 4.39 Å². The molecule has 1 aromatic carbocycles. The number of aromatic nitrogens is 1. The Kier molecular flexibility index (Phi) is 2.86. The molecule has 0 radical (unpaired) electrons. The van der Waals surface area contributed by atoms with Gasteiger partial charge in [-0.25, -0.2) is 4.39 Å². The van der Waals surface area contributed by atoms with Crippen LogP contribution in [0, 0.1) is 12.7 Å². The average molecular weight is 246 g/mol. The summed E-state index contributed by atoms with van der Waals surface area (Å²) >= 11 is 0. The minimum Gasteiger partial charge on any atom is -0.348 e. The highest BCUT2D eigenvalue weighted by molar-refractivity contribution is 5.82. The Morgan fingerprint density at radius 2 is 1.94 bits per heavy atom. The number of piperidine rings is 1. The molecule has 3 rings (SSSR count). The van der Waals surface area contributed by atoms with Crippen molar-refractivity contribution in [3.63, 3.8) is 0 Å². The number of halogens is 1. The van der Waals surface area contributed by atoms with Crippen molar-refractivity contribution in [1.29, 1.82) is 0 Å². The number of fused-ring (bicyclic) bond motifs is 1. The predicted molar refractivity (Wildman–Crippen MR) is 72.5 cm³/mol. The molecule has 0 aliphatic carbocycles. The van der Waals surface area contributed by atoms with Crippen LogP contribution in [0.2, 0.25) is 0 Å². The SMILES string of the molecule is Cc1cc2cc(F)c(C3CCNCC3)cc2n1C. The van der Waals surface area contributed by atoms with Crippen LogP contribution in [0.4, 0.5) is 4.39 Å². The zero-order valence-corrected chi connectivity index (χ0v) is 11.0. The van der Waals surface area contributed by atoms with Gasteiger partial charge in [0.15, 0.2) is 0 Å². The van der Waals surface area contributed by atoms with E-state index in [1.165, 1.54) is 5.69 Å². The van der Waals surface area contributed by atoms with Gasteiger partial charge < -0.3 is 9.88 Å². The summed E-state index contributed by atoms with van der Waals surface area (Å²) in [5.41, 5.74) is 3.21. The van der Waals surface area contributed by atoms with Crippen LogP contribution in [-0.2, 0) is 7.05 Å². The Hall–Kier alpha value is -1.35. The molecule has 0 amide bonds. The number of hydrogen-bond donors (Lipinski definition) is 1. The number of hydrogen-bond acceptors (Lipinski definition) is 1. The molecule has 0 spiro atoms. The lowest BCUT2D eigenvalue weighted by atomic mass is 9.89. The van der Waals surface area contributed by atoms with Crippen LogP contribution in [-0.4, -0.2) is 17.7 Å². The molecule has 0 bridgehead atoms. The highest BCUT2D eigenvalue weighted by Crippen LogP contribution is 2.31. The summed E-state index contributed by atoms with van der Waals surface area (Å²) in [4.78, 5) is 0. The van der Waals surface area contributed by atoms with Crippen LogP contribution in [0.1, 0.15) is 30.0 Å². The van der Waals surface area contributed by atoms with E-state index in [9.17, 15) is 4.39 Å². The van der Waals surface area contributed by atoms with Gasteiger partial charge in [0.2, 0.25) is 0 Å². The van der Waals surface area contributed by atoms with Gasteiger partial charge in [0.1, 0.15) is 5.82 Å². The molecule has 1 aliphatic rings. The first kappa shape index (κ1) is 11.7. The van der Waals surface area contributed by atoms with Gasteiger partial charge in [0, 0.05) is 23.6 Å². The lowest BCUT2D eigenvalue weighted by Gasteiger charge is -2.23. The first-order valence-corrected chi connectivity index (χ1v) is 6.63. The van der Waals surface area contributed by atoms with E-state index >= 15 is 0 Å². The maximum absolute atomic E-state index is 14.2. The molecule has 1 aliphatic heterocycles. The third-order valence-electron chi connectivity index (χ3n) is 4.18. The van der Waals surface area contributed by atoms with Crippen molar-refractivity contribution >= 4 is 10.9 Å². The Morgan fingerprint density at radius 1 is 1.22 bits per heavy atom. The van der Waals surface area contributed by atoms with Crippen molar-refractivity contribution in [2.45, 2.75) is 25.7 Å². The summed E-state index contributed by atoms with van der Waals surface area (Å²) in [6.07, 6.45) is 2.07. The third kappa shape index (κ3) is 1.83. The van der Waals surface area contributed by atoms with E-state index in [2.05, 4.69) is 16.8 Å². The summed E-state index contributed by atoms with van der Waals surface area (Å²) in [6, 6.07) is 5.79. The van der Waals surface area contributed by atoms with Gasteiger partial charge >= 0.3 is 0 Å². The molecule has 3 heteroatoms. The Morgan fingerprint density at radius 3 is 2.67 bits per heavy atom. The zero-order valence-electron chi connectivity index (χ0n) is 11.0. The fourth-order valence-electron chi connectivity index (χ4n) is 2.96. The number of benzene rings is 1. The monoisotopic (exact) mass is 246 g/mol. The molecule has 1 fully saturated rings. The quantitative estimate of drug-likeness (QED) is 0.818. The van der Waals surface area contributed by atoms with E-state index < -0.39 is 0 Å². The van der Waals surface area contributed by atoms with Gasteiger partial charge in [-0.2, -0.15) is 0 Å². The molecule has 1 saturated heterocycles. The van der Waals surface area contributed by atoms with Crippen molar-refractivity contribution in [2.24, 2.45) is 7.05 Å². The molecule has 0 saturated carbocycles. The number of rotatable bonds is 1. The minimum absolute atomic E-state index is 0.0417. The minimum atomic E-state index is -0.0417. The molecule has 2 heterocycles. The summed E-state index contributed by atoms with van der Waals surface area (Å²) in [5, 5.41) is 4.33. The Balaban J connectivity index is 2.10. The highest BCUT2D eigenvalue weighted by atomic mass is 19.1. The van der Waals surface area contributed by atoms with Crippen LogP contribution in [0.3, 0.4) is 0 Å². The molecule has 1 N–H and O–H groups in total. The van der Waals surface area contributed by atoms with Gasteiger partial charge in [-0.3, -0.25) is 0 Å². The van der Waals surface area contributed by atoms with E-state index in [0.29, 0.717) is 5.92 Å². The lowest BCUT2D eigenvalue weighted by Crippen LogP contribution is -2.27. The van der Waals surface area contributed by atoms with E-state index in [-0.39, 0.29) is 5.82 Å². The zero-order chi connectivity index (χ0) is 12.7. The predicted octanol–water partition coefficient (Wildman–Crippen LogP) is 3.09. The standard InChI is InChI=1S/C15H19FN2/c1-10-7-12-8-14(16)13(9-15(12)18(10)2)11-3-5-17-6-4-11/h7-9,11,17H,3-6H2,1-2H3. The summed E-state index contributed by atoms with van der Waals surface area (Å²) in [7, 11) is 2.04. The van der Waals surface area contributed by atoms with Gasteiger partial charge in [-0.1, -0.05) is 0 Å². The molecular weight excluding hydrogens is 227 g/mol. The fourth-order valence-corrected chi connectivity index (χ4v) is 2.96. The van der Waals surface area contributed by atoms with Crippen LogP contribution < -0.4 is 5.32 Å². The Bertz CT molecular complexity index is 580. The van der Waals surface area contributed by atoms with E-state index in [0.717, 1.165) is 42.4 Å². The van der Waals surface area contributed by atoms with Crippen LogP contribution >= 0.6 is 0 Å². The van der Waals surface area contributed by atoms with Crippen molar-refractivity contribution in [3.05, 3.63) is 35.3 Å². The van der Waals surface area contributed by atoms with E-state index in [1.54, 1.807) is 6.07 Å². The highest BCUT2D eigenvalue weighted by Gasteiger charge is 2.20. The van der Waals surface area contributed by atoms with Gasteiger partial charge in [-0.15, -0.1) is 0 Å². The first-order chi connectivity index (χ1) is 8.66. The van der Waals surface area contributed by atoms with Gasteiger partial charge in [0.05, 0.1) is 0 Å². The van der Waals surface area contributed by atoms with Gasteiger partial charge in [-0.05, 0) is 62.5 Å². The summed E-state index contributed by atoms with van der Waals surface area (Å²) < 4.78 is 16.4. The third-order valence-corrected chi connectivity index (χ3v) is 4.18. The molecule has 96 valence electrons. The number of nitrogens with one attached hydrogen (secondary N) is 1. The second-order valence-electron chi connectivity index (χ2n) is 5.30. The maximum atomic E-state index is 14.2. The molecule has 2 nitrogen and oxygen atoms in total. The second-order valence-corrected chi connectivity index (χ2v) is 5.30. The molecule has 18 heavy (non-hydrogen) atoms. The summed E-state index contributed by atoms with van der Waals surface area (Å²) in [5.74, 6) is 0.325. The molecule has 0 atom stereocenters. The average Bonchev–Trinajstić information content (AvgIpc) is 2.65. The number of aryl methyl sites for hydroxylation is 2. The molecule has 1 aromatic heterocycles. The largest absolute Gasteiger partial charge is 0.348 e.